The van der Waals surface area contributed by atoms with Gasteiger partial charge in [0.25, 0.3) is 0 Å². The van der Waals surface area contributed by atoms with Crippen LogP contribution in [0.2, 0.25) is 0 Å². The third-order valence-corrected chi connectivity index (χ3v) is 3.43. The monoisotopic (exact) mass is 336 g/mol. The van der Waals surface area contributed by atoms with Crippen molar-refractivity contribution >= 4 is 17.8 Å². The van der Waals surface area contributed by atoms with Crippen molar-refractivity contribution in [2.24, 2.45) is 17.6 Å². The molecule has 2 atom stereocenters. The standard InChI is InChI=1S/C17H24N2O5/c1-5-12-6-8-13(9-7-12)15(18)23-16(21)14(10(2)3)17(22)24-19-11(4)20/h6-10,14-15H,5,18H2,1-4H3,(H,19,20). The fourth-order valence-corrected chi connectivity index (χ4v) is 2.04. The fraction of sp³-hybridized carbons (Fsp3) is 0.471. The Bertz CT molecular complexity index is 583. The van der Waals surface area contributed by atoms with E-state index in [1.54, 1.807) is 26.0 Å². The lowest BCUT2D eigenvalue weighted by atomic mass is 9.96. The van der Waals surface area contributed by atoms with Gasteiger partial charge in [0, 0.05) is 12.5 Å². The van der Waals surface area contributed by atoms with Crippen LogP contribution in [0.1, 0.15) is 45.0 Å². The minimum atomic E-state index is -1.18. The highest BCUT2D eigenvalue weighted by Crippen LogP contribution is 2.20. The number of amides is 1. The molecule has 0 aliphatic carbocycles. The first-order valence-electron chi connectivity index (χ1n) is 7.78. The predicted molar refractivity (Wildman–Crippen MR) is 87.1 cm³/mol. The number of carbonyl (C=O) groups is 3. The number of hydroxylamine groups is 1. The Morgan fingerprint density at radius 2 is 1.71 bits per heavy atom. The van der Waals surface area contributed by atoms with Gasteiger partial charge in [-0.15, -0.1) is 0 Å². The van der Waals surface area contributed by atoms with Crippen LogP contribution in [0.25, 0.3) is 0 Å². The topological polar surface area (TPSA) is 108 Å². The van der Waals surface area contributed by atoms with Gasteiger partial charge in [-0.1, -0.05) is 45.0 Å². The molecule has 24 heavy (non-hydrogen) atoms. The van der Waals surface area contributed by atoms with Crippen LogP contribution in [-0.2, 0) is 30.4 Å². The summed E-state index contributed by atoms with van der Waals surface area (Å²) >= 11 is 0. The average Bonchev–Trinajstić information content (AvgIpc) is 2.52. The molecule has 0 aromatic heterocycles. The molecule has 0 bridgehead atoms. The van der Waals surface area contributed by atoms with Gasteiger partial charge in [0.05, 0.1) is 0 Å². The number of benzene rings is 1. The summed E-state index contributed by atoms with van der Waals surface area (Å²) in [7, 11) is 0. The van der Waals surface area contributed by atoms with Gasteiger partial charge in [0.15, 0.2) is 12.1 Å². The van der Waals surface area contributed by atoms with Crippen LogP contribution in [0.15, 0.2) is 24.3 Å². The molecule has 0 aliphatic heterocycles. The van der Waals surface area contributed by atoms with E-state index in [0.717, 1.165) is 12.0 Å². The first-order valence-corrected chi connectivity index (χ1v) is 7.78. The van der Waals surface area contributed by atoms with Crippen LogP contribution in [0, 0.1) is 11.8 Å². The van der Waals surface area contributed by atoms with Crippen LogP contribution in [0.4, 0.5) is 0 Å². The number of hydrogen-bond acceptors (Lipinski definition) is 6. The molecule has 3 N–H and O–H groups in total. The molecular weight excluding hydrogens is 312 g/mol. The quantitative estimate of drug-likeness (QED) is 0.354. The number of nitrogens with two attached hydrogens (primary N) is 1. The van der Waals surface area contributed by atoms with Gasteiger partial charge in [0.2, 0.25) is 5.91 Å². The largest absolute Gasteiger partial charge is 0.442 e. The third kappa shape index (κ3) is 5.66. The van der Waals surface area contributed by atoms with E-state index in [-0.39, 0.29) is 5.92 Å². The molecule has 7 nitrogen and oxygen atoms in total. The van der Waals surface area contributed by atoms with Crippen molar-refractivity contribution in [2.45, 2.75) is 40.3 Å². The van der Waals surface area contributed by atoms with E-state index in [0.29, 0.717) is 5.56 Å². The lowest BCUT2D eigenvalue weighted by Gasteiger charge is -2.20. The minimum absolute atomic E-state index is 0.381. The Kier molecular flexibility index (Phi) is 7.38. The van der Waals surface area contributed by atoms with Crippen LogP contribution < -0.4 is 11.2 Å². The van der Waals surface area contributed by atoms with Crippen LogP contribution in [0.3, 0.4) is 0 Å². The number of rotatable bonds is 6. The van der Waals surface area contributed by atoms with Gasteiger partial charge in [0.1, 0.15) is 0 Å². The van der Waals surface area contributed by atoms with Gasteiger partial charge in [-0.05, 0) is 17.9 Å². The molecular formula is C17H24N2O5. The second kappa shape index (κ2) is 9.02. The van der Waals surface area contributed by atoms with E-state index < -0.39 is 30.0 Å². The zero-order chi connectivity index (χ0) is 18.3. The fourth-order valence-electron chi connectivity index (χ4n) is 2.04. The molecule has 1 amide bonds. The summed E-state index contributed by atoms with van der Waals surface area (Å²) in [6.07, 6.45) is -0.0991. The molecule has 132 valence electrons. The van der Waals surface area contributed by atoms with E-state index in [2.05, 4.69) is 4.84 Å². The van der Waals surface area contributed by atoms with E-state index in [1.807, 2.05) is 24.5 Å². The van der Waals surface area contributed by atoms with Gasteiger partial charge >= 0.3 is 11.9 Å². The molecule has 0 fully saturated rings. The van der Waals surface area contributed by atoms with Crippen LogP contribution in [-0.4, -0.2) is 17.8 Å². The highest BCUT2D eigenvalue weighted by molar-refractivity contribution is 5.95. The molecule has 1 aromatic carbocycles. The number of aryl methyl sites for hydroxylation is 1. The van der Waals surface area contributed by atoms with Crippen molar-refractivity contribution < 1.29 is 24.0 Å². The maximum absolute atomic E-state index is 12.3. The third-order valence-electron chi connectivity index (χ3n) is 3.43. The first kappa shape index (κ1) is 19.6. The van der Waals surface area contributed by atoms with E-state index in [9.17, 15) is 14.4 Å². The van der Waals surface area contributed by atoms with Crippen molar-refractivity contribution in [1.29, 1.82) is 0 Å². The lowest BCUT2D eigenvalue weighted by molar-refractivity contribution is -0.174. The van der Waals surface area contributed by atoms with Crippen molar-refractivity contribution in [2.75, 3.05) is 0 Å². The molecule has 1 aromatic rings. The molecule has 1 rings (SSSR count). The number of esters is 1. The second-order valence-corrected chi connectivity index (χ2v) is 5.75. The molecule has 0 radical (unpaired) electrons. The maximum atomic E-state index is 12.3. The van der Waals surface area contributed by atoms with Gasteiger partial charge in [-0.25, -0.2) is 4.79 Å². The van der Waals surface area contributed by atoms with Gasteiger partial charge in [-0.3, -0.25) is 15.3 Å². The van der Waals surface area contributed by atoms with Gasteiger partial charge in [-0.2, -0.15) is 5.48 Å². The molecule has 0 heterocycles. The molecule has 0 aliphatic rings. The molecule has 7 heteroatoms. The summed E-state index contributed by atoms with van der Waals surface area (Å²) in [6.45, 7) is 6.56. The lowest BCUT2D eigenvalue weighted by Crippen LogP contribution is -2.37. The maximum Gasteiger partial charge on any atom is 0.346 e. The number of carbonyl (C=O) groups excluding carboxylic acids is 3. The molecule has 0 spiro atoms. The van der Waals surface area contributed by atoms with E-state index in [1.165, 1.54) is 6.92 Å². The Labute approximate surface area is 141 Å². The molecule has 0 saturated carbocycles. The van der Waals surface area contributed by atoms with Crippen molar-refractivity contribution in [3.8, 4) is 0 Å². The van der Waals surface area contributed by atoms with Gasteiger partial charge < -0.3 is 9.57 Å². The zero-order valence-corrected chi connectivity index (χ0v) is 14.4. The Morgan fingerprint density at radius 1 is 1.12 bits per heavy atom. The normalized spacial score (nSPS) is 13.1. The summed E-state index contributed by atoms with van der Waals surface area (Å²) in [4.78, 5) is 39.6. The second-order valence-electron chi connectivity index (χ2n) is 5.75. The highest BCUT2D eigenvalue weighted by atomic mass is 16.7. The first-order chi connectivity index (χ1) is 11.3. The SMILES string of the molecule is CCc1ccc(C(N)OC(=O)C(C(=O)ONC(C)=O)C(C)C)cc1. The van der Waals surface area contributed by atoms with Crippen LogP contribution >= 0.6 is 0 Å². The van der Waals surface area contributed by atoms with E-state index in [4.69, 9.17) is 10.5 Å². The summed E-state index contributed by atoms with van der Waals surface area (Å²) < 4.78 is 5.19. The van der Waals surface area contributed by atoms with Crippen LogP contribution in [0.5, 0.6) is 0 Å². The summed E-state index contributed by atoms with van der Waals surface area (Å²) in [6, 6.07) is 7.34. The Hall–Kier alpha value is -2.41. The Balaban J connectivity index is 2.76. The highest BCUT2D eigenvalue weighted by Gasteiger charge is 2.34. The zero-order valence-electron chi connectivity index (χ0n) is 14.4. The Morgan fingerprint density at radius 3 is 2.17 bits per heavy atom. The average molecular weight is 336 g/mol. The minimum Gasteiger partial charge on any atom is -0.442 e. The summed E-state index contributed by atoms with van der Waals surface area (Å²) in [5.74, 6) is -3.80. The number of hydrogen-bond donors (Lipinski definition) is 2. The predicted octanol–water partition coefficient (Wildman–Crippen LogP) is 1.62. The number of ether oxygens (including phenoxy) is 1. The smallest absolute Gasteiger partial charge is 0.346 e. The molecule has 0 saturated heterocycles. The van der Waals surface area contributed by atoms with E-state index >= 15 is 0 Å². The molecule has 2 unspecified atom stereocenters. The van der Waals surface area contributed by atoms with Crippen molar-refractivity contribution in [3.05, 3.63) is 35.4 Å². The summed E-state index contributed by atoms with van der Waals surface area (Å²) in [5.41, 5.74) is 9.55. The summed E-state index contributed by atoms with van der Waals surface area (Å²) in [5, 5.41) is 0. The number of nitrogens with one attached hydrogen (secondary N) is 1. The van der Waals surface area contributed by atoms with Crippen molar-refractivity contribution in [1.82, 2.24) is 5.48 Å². The van der Waals surface area contributed by atoms with Crippen molar-refractivity contribution in [3.63, 3.8) is 0 Å².